The van der Waals surface area contributed by atoms with Gasteiger partial charge in [0.15, 0.2) is 0 Å². The summed E-state index contributed by atoms with van der Waals surface area (Å²) in [5.41, 5.74) is 18.7. The number of rotatable bonds is 2. The minimum absolute atomic E-state index is 0.0530. The number of hydrogen-bond donors (Lipinski definition) is 0. The summed E-state index contributed by atoms with van der Waals surface area (Å²) in [6, 6.07) is 40.9. The first-order valence-electron chi connectivity index (χ1n) is 19.4. The summed E-state index contributed by atoms with van der Waals surface area (Å²) in [7, 11) is 0. The number of anilines is 6. The molecule has 248 valence electrons. The summed E-state index contributed by atoms with van der Waals surface area (Å²) in [5, 5.41) is 0. The smallest absolute Gasteiger partial charge is 0.252 e. The molecule has 4 bridgehead atoms. The molecule has 4 saturated carbocycles. The lowest BCUT2D eigenvalue weighted by Crippen LogP contribution is -2.64. The fraction of sp³-hybridized carbons (Fsp3) is 0.362. The predicted molar refractivity (Wildman–Crippen MR) is 211 cm³/mol. The van der Waals surface area contributed by atoms with Crippen molar-refractivity contribution in [3.63, 3.8) is 0 Å². The van der Waals surface area contributed by atoms with Crippen LogP contribution in [0.3, 0.4) is 0 Å². The first-order chi connectivity index (χ1) is 24.2. The van der Waals surface area contributed by atoms with Crippen molar-refractivity contribution in [2.75, 3.05) is 9.80 Å². The van der Waals surface area contributed by atoms with Crippen LogP contribution in [0.25, 0.3) is 0 Å². The van der Waals surface area contributed by atoms with E-state index in [1.165, 1.54) is 93.7 Å². The fourth-order valence-electron chi connectivity index (χ4n) is 12.3. The normalized spacial score (nSPS) is 26.2. The molecule has 3 heteroatoms. The van der Waals surface area contributed by atoms with Crippen LogP contribution in [-0.4, -0.2) is 6.71 Å². The van der Waals surface area contributed by atoms with Crippen LogP contribution >= 0.6 is 0 Å². The van der Waals surface area contributed by atoms with E-state index in [1.54, 1.807) is 11.1 Å². The number of fused-ring (bicyclic) bond motifs is 6. The highest BCUT2D eigenvalue weighted by atomic mass is 15.2. The molecule has 0 aromatic heterocycles. The third-order valence-corrected chi connectivity index (χ3v) is 14.1. The topological polar surface area (TPSA) is 6.48 Å². The van der Waals surface area contributed by atoms with Gasteiger partial charge in [-0.1, -0.05) is 101 Å². The summed E-state index contributed by atoms with van der Waals surface area (Å²) < 4.78 is 0. The highest BCUT2D eigenvalue weighted by Crippen LogP contribution is 2.69. The molecule has 0 atom stereocenters. The molecule has 5 aromatic rings. The molecule has 3 aliphatic heterocycles. The van der Waals surface area contributed by atoms with Gasteiger partial charge in [0.25, 0.3) is 6.71 Å². The van der Waals surface area contributed by atoms with Gasteiger partial charge >= 0.3 is 0 Å². The standard InChI is InChI=1S/C47H47BN2/c1-28(2)31-11-8-12-35(26-31)49-41-20-19-32(46(3,4)5)27-39(41)48-38-15-9-14-37-45(38)50(43-18-10-17-42(49)44(43)48)40-16-7-6-13-36(40)47(37)33-22-29-21-30(24-33)25-34(47)23-29/h6-20,26-30,33-34H,21-25H2,1-5H3. The molecule has 5 aromatic carbocycles. The third kappa shape index (κ3) is 3.67. The highest BCUT2D eigenvalue weighted by molar-refractivity contribution is 7.00. The lowest BCUT2D eigenvalue weighted by Gasteiger charge is -2.64. The van der Waals surface area contributed by atoms with Crippen LogP contribution in [0.4, 0.5) is 34.1 Å². The second-order valence-electron chi connectivity index (χ2n) is 18.0. The predicted octanol–water partition coefficient (Wildman–Crippen LogP) is 10.2. The van der Waals surface area contributed by atoms with E-state index in [-0.39, 0.29) is 17.5 Å². The summed E-state index contributed by atoms with van der Waals surface area (Å²) in [4.78, 5) is 5.29. The van der Waals surface area contributed by atoms with Crippen LogP contribution in [0.2, 0.25) is 0 Å². The minimum Gasteiger partial charge on any atom is -0.311 e. The van der Waals surface area contributed by atoms with E-state index in [1.807, 2.05) is 0 Å². The molecular formula is C47H47BN2. The van der Waals surface area contributed by atoms with E-state index in [2.05, 4.69) is 148 Å². The summed E-state index contributed by atoms with van der Waals surface area (Å²) in [6.07, 6.45) is 7.08. The van der Waals surface area contributed by atoms with Gasteiger partial charge in [-0.15, -0.1) is 0 Å². The van der Waals surface area contributed by atoms with Crippen LogP contribution in [0.1, 0.15) is 94.9 Å². The number of benzene rings is 5. The lowest BCUT2D eigenvalue weighted by atomic mass is 9.32. The zero-order chi connectivity index (χ0) is 33.7. The number of para-hydroxylation sites is 2. The maximum atomic E-state index is 2.72. The fourth-order valence-corrected chi connectivity index (χ4v) is 12.3. The minimum atomic E-state index is 0.0530. The summed E-state index contributed by atoms with van der Waals surface area (Å²) in [6.45, 7) is 11.9. The van der Waals surface area contributed by atoms with Gasteiger partial charge in [-0.25, -0.2) is 0 Å². The molecule has 4 aliphatic carbocycles. The van der Waals surface area contributed by atoms with Gasteiger partial charge in [0.1, 0.15) is 0 Å². The Morgan fingerprint density at radius 1 is 0.620 bits per heavy atom. The monoisotopic (exact) mass is 650 g/mol. The van der Waals surface area contributed by atoms with Gasteiger partial charge < -0.3 is 9.80 Å². The summed E-state index contributed by atoms with van der Waals surface area (Å²) >= 11 is 0. The first kappa shape index (κ1) is 29.5. The Hall–Kier alpha value is -4.24. The quantitative estimate of drug-likeness (QED) is 0.172. The van der Waals surface area contributed by atoms with Gasteiger partial charge in [0.2, 0.25) is 0 Å². The summed E-state index contributed by atoms with van der Waals surface area (Å²) in [5.74, 6) is 3.79. The Morgan fingerprint density at radius 3 is 2.02 bits per heavy atom. The average molecular weight is 651 g/mol. The zero-order valence-corrected chi connectivity index (χ0v) is 30.2. The zero-order valence-electron chi connectivity index (χ0n) is 30.2. The van der Waals surface area contributed by atoms with Crippen molar-refractivity contribution in [1.82, 2.24) is 0 Å². The van der Waals surface area contributed by atoms with E-state index in [9.17, 15) is 0 Å². The van der Waals surface area contributed by atoms with Gasteiger partial charge in [0, 0.05) is 33.9 Å². The van der Waals surface area contributed by atoms with Crippen LogP contribution in [-0.2, 0) is 10.8 Å². The molecule has 0 saturated heterocycles. The van der Waals surface area contributed by atoms with Crippen molar-refractivity contribution in [2.24, 2.45) is 23.7 Å². The van der Waals surface area contributed by atoms with Crippen LogP contribution in [0.5, 0.6) is 0 Å². The average Bonchev–Trinajstić information content (AvgIpc) is 3.11. The largest absolute Gasteiger partial charge is 0.311 e. The van der Waals surface area contributed by atoms with Gasteiger partial charge in [0.05, 0.1) is 5.69 Å². The van der Waals surface area contributed by atoms with E-state index >= 15 is 0 Å². The number of nitrogens with zero attached hydrogens (tertiary/aromatic N) is 2. The van der Waals surface area contributed by atoms with Crippen LogP contribution in [0.15, 0.2) is 103 Å². The van der Waals surface area contributed by atoms with Crippen molar-refractivity contribution in [1.29, 1.82) is 0 Å². The maximum absolute atomic E-state index is 2.72. The molecule has 0 radical (unpaired) electrons. The number of hydrogen-bond acceptors (Lipinski definition) is 2. The Labute approximate surface area is 298 Å². The van der Waals surface area contributed by atoms with E-state index in [0.29, 0.717) is 5.92 Å². The molecule has 7 aliphatic rings. The van der Waals surface area contributed by atoms with E-state index in [0.717, 1.165) is 23.7 Å². The van der Waals surface area contributed by atoms with Crippen molar-refractivity contribution in [2.45, 2.75) is 83.5 Å². The lowest BCUT2D eigenvalue weighted by molar-refractivity contribution is -0.0419. The Balaban J connectivity index is 1.22. The van der Waals surface area contributed by atoms with Crippen molar-refractivity contribution >= 4 is 57.2 Å². The van der Waals surface area contributed by atoms with Gasteiger partial charge in [-0.05, 0) is 142 Å². The second-order valence-corrected chi connectivity index (χ2v) is 18.0. The van der Waals surface area contributed by atoms with E-state index in [4.69, 9.17) is 0 Å². The Bertz CT molecular complexity index is 2210. The molecule has 50 heavy (non-hydrogen) atoms. The molecule has 1 spiro atoms. The molecule has 3 heterocycles. The van der Waals surface area contributed by atoms with Crippen molar-refractivity contribution in [3.05, 3.63) is 125 Å². The first-order valence-corrected chi connectivity index (χ1v) is 19.4. The molecule has 0 amide bonds. The molecular weight excluding hydrogens is 603 g/mol. The molecule has 4 fully saturated rings. The maximum Gasteiger partial charge on any atom is 0.252 e. The van der Waals surface area contributed by atoms with Crippen LogP contribution < -0.4 is 26.2 Å². The van der Waals surface area contributed by atoms with Gasteiger partial charge in [-0.3, -0.25) is 0 Å². The third-order valence-electron chi connectivity index (χ3n) is 14.1. The highest BCUT2D eigenvalue weighted by Gasteiger charge is 2.62. The van der Waals surface area contributed by atoms with Crippen LogP contribution in [0, 0.1) is 23.7 Å². The second kappa shape index (κ2) is 9.96. The molecule has 2 nitrogen and oxygen atoms in total. The van der Waals surface area contributed by atoms with Gasteiger partial charge in [-0.2, -0.15) is 0 Å². The molecule has 12 rings (SSSR count). The SMILES string of the molecule is CC(C)c1cccc(N2c3ccc(C(C)(C)C)cc3B3c4cccc5c4N(c4ccccc4C54C5CC6CC(C5)CC4C6)c4cccc2c43)c1. The molecule has 0 N–H and O–H groups in total. The Morgan fingerprint density at radius 2 is 1.28 bits per heavy atom. The Kier molecular flexibility index (Phi) is 5.88. The van der Waals surface area contributed by atoms with E-state index < -0.39 is 0 Å². The van der Waals surface area contributed by atoms with Crippen molar-refractivity contribution < 1.29 is 0 Å². The molecule has 0 unspecified atom stereocenters. The van der Waals surface area contributed by atoms with Crippen molar-refractivity contribution in [3.8, 4) is 0 Å².